The van der Waals surface area contributed by atoms with Crippen molar-refractivity contribution in [3.8, 4) is 5.75 Å². The molecule has 1 aromatic carbocycles. The Balaban J connectivity index is 2.09. The van der Waals surface area contributed by atoms with Crippen LogP contribution in [0.3, 0.4) is 0 Å². The summed E-state index contributed by atoms with van der Waals surface area (Å²) in [5.74, 6) is -14.7. The number of esters is 1. The Morgan fingerprint density at radius 3 is 1.64 bits per heavy atom. The van der Waals surface area contributed by atoms with Gasteiger partial charge in [0, 0.05) is 11.8 Å². The van der Waals surface area contributed by atoms with Gasteiger partial charge in [0.15, 0.2) is 0 Å². The molecule has 25 heavy (non-hydrogen) atoms. The second-order valence-electron chi connectivity index (χ2n) is 6.43. The molecule has 3 nitrogen and oxygen atoms in total. The smallest absolute Gasteiger partial charge is 0.314 e. The van der Waals surface area contributed by atoms with E-state index < -0.39 is 46.7 Å². The zero-order valence-corrected chi connectivity index (χ0v) is 13.7. The van der Waals surface area contributed by atoms with Gasteiger partial charge in [0.2, 0.25) is 34.8 Å². The van der Waals surface area contributed by atoms with Crippen molar-refractivity contribution in [1.82, 2.24) is 0 Å². The van der Waals surface area contributed by atoms with Crippen LogP contribution in [0.25, 0.3) is 0 Å². The van der Waals surface area contributed by atoms with Crippen molar-refractivity contribution in [3.63, 3.8) is 0 Å². The first-order valence-corrected chi connectivity index (χ1v) is 7.92. The summed E-state index contributed by atoms with van der Waals surface area (Å²) < 4.78 is 70.8. The van der Waals surface area contributed by atoms with Gasteiger partial charge in [-0.2, -0.15) is 8.78 Å². The van der Waals surface area contributed by atoms with E-state index in [1.165, 1.54) is 0 Å². The summed E-state index contributed by atoms with van der Waals surface area (Å²) in [4.78, 5) is 23.9. The third-order valence-corrected chi connectivity index (χ3v) is 4.40. The van der Waals surface area contributed by atoms with Gasteiger partial charge in [-0.05, 0) is 25.7 Å². The Labute approximate surface area is 141 Å². The van der Waals surface area contributed by atoms with E-state index in [4.69, 9.17) is 0 Å². The number of Topliss-reactive ketones (excluding diaryl/α,β-unsaturated/α-hetero) is 1. The van der Waals surface area contributed by atoms with Gasteiger partial charge >= 0.3 is 5.97 Å². The molecule has 1 fully saturated rings. The van der Waals surface area contributed by atoms with Crippen LogP contribution in [-0.2, 0) is 9.59 Å². The zero-order chi connectivity index (χ0) is 18.9. The van der Waals surface area contributed by atoms with Crippen LogP contribution in [-0.4, -0.2) is 11.8 Å². The van der Waals surface area contributed by atoms with E-state index in [0.717, 1.165) is 0 Å². The van der Waals surface area contributed by atoms with Crippen LogP contribution < -0.4 is 4.74 Å². The Kier molecular flexibility index (Phi) is 5.80. The van der Waals surface area contributed by atoms with E-state index in [2.05, 4.69) is 4.74 Å². The lowest BCUT2D eigenvalue weighted by Gasteiger charge is -2.27. The van der Waals surface area contributed by atoms with E-state index in [9.17, 15) is 31.5 Å². The van der Waals surface area contributed by atoms with E-state index in [1.807, 2.05) is 0 Å². The molecule has 0 saturated heterocycles. The van der Waals surface area contributed by atoms with Crippen LogP contribution in [0.4, 0.5) is 22.0 Å². The maximum Gasteiger partial charge on any atom is 0.314 e. The van der Waals surface area contributed by atoms with Gasteiger partial charge in [0.1, 0.15) is 5.78 Å². The maximum absolute atomic E-state index is 13.5. The van der Waals surface area contributed by atoms with Crippen molar-refractivity contribution >= 4 is 11.8 Å². The number of hydrogen-bond acceptors (Lipinski definition) is 3. The molecule has 0 unspecified atom stereocenters. The van der Waals surface area contributed by atoms with Crippen LogP contribution in [0.1, 0.15) is 39.5 Å². The molecule has 0 N–H and O–H groups in total. The molecule has 1 aliphatic rings. The summed E-state index contributed by atoms with van der Waals surface area (Å²) in [5, 5.41) is 0. The van der Waals surface area contributed by atoms with Crippen LogP contribution in [0.5, 0.6) is 5.75 Å². The third kappa shape index (κ3) is 3.82. The van der Waals surface area contributed by atoms with Crippen molar-refractivity contribution in [1.29, 1.82) is 0 Å². The Hall–Kier alpha value is -1.99. The fourth-order valence-electron chi connectivity index (χ4n) is 2.94. The quantitative estimate of drug-likeness (QED) is 0.263. The molecular formula is C17H17F5O3. The van der Waals surface area contributed by atoms with Gasteiger partial charge in [-0.1, -0.05) is 13.8 Å². The number of rotatable bonds is 4. The highest BCUT2D eigenvalue weighted by molar-refractivity contribution is 5.83. The first kappa shape index (κ1) is 19.3. The number of carbonyl (C=O) groups excluding carboxylic acids is 2. The summed E-state index contributed by atoms with van der Waals surface area (Å²) in [6.07, 6.45) is 1.32. The molecular weight excluding hydrogens is 347 g/mol. The highest BCUT2D eigenvalue weighted by Crippen LogP contribution is 2.34. The summed E-state index contributed by atoms with van der Waals surface area (Å²) in [6, 6.07) is 0. The molecule has 0 amide bonds. The fourth-order valence-corrected chi connectivity index (χ4v) is 2.94. The minimum Gasteiger partial charge on any atom is -0.420 e. The summed E-state index contributed by atoms with van der Waals surface area (Å²) in [7, 11) is 0. The first-order chi connectivity index (χ1) is 11.6. The summed E-state index contributed by atoms with van der Waals surface area (Å²) in [5.41, 5.74) is 0. The third-order valence-electron chi connectivity index (χ3n) is 4.40. The molecule has 0 spiro atoms. The molecule has 1 saturated carbocycles. The van der Waals surface area contributed by atoms with Crippen molar-refractivity contribution in [2.24, 2.45) is 17.8 Å². The lowest BCUT2D eigenvalue weighted by atomic mass is 9.78. The van der Waals surface area contributed by atoms with E-state index in [-0.39, 0.29) is 30.5 Å². The number of benzene rings is 1. The van der Waals surface area contributed by atoms with Crippen molar-refractivity contribution in [2.75, 3.05) is 0 Å². The van der Waals surface area contributed by atoms with Crippen molar-refractivity contribution in [3.05, 3.63) is 29.1 Å². The maximum atomic E-state index is 13.5. The second kappa shape index (κ2) is 7.49. The highest BCUT2D eigenvalue weighted by Gasteiger charge is 2.34. The lowest BCUT2D eigenvalue weighted by molar-refractivity contribution is -0.142. The lowest BCUT2D eigenvalue weighted by Crippen LogP contribution is -2.30. The summed E-state index contributed by atoms with van der Waals surface area (Å²) >= 11 is 0. The summed E-state index contributed by atoms with van der Waals surface area (Å²) in [6.45, 7) is 3.54. The molecule has 0 heterocycles. The van der Waals surface area contributed by atoms with Crippen molar-refractivity contribution < 1.29 is 36.3 Å². The van der Waals surface area contributed by atoms with E-state index in [0.29, 0.717) is 12.8 Å². The normalized spacial score (nSPS) is 20.6. The monoisotopic (exact) mass is 364 g/mol. The molecule has 8 heteroatoms. The largest absolute Gasteiger partial charge is 0.420 e. The van der Waals surface area contributed by atoms with Crippen LogP contribution in [0.15, 0.2) is 0 Å². The highest BCUT2D eigenvalue weighted by atomic mass is 19.2. The molecule has 0 radical (unpaired) electrons. The van der Waals surface area contributed by atoms with Gasteiger partial charge in [-0.15, -0.1) is 0 Å². The first-order valence-electron chi connectivity index (χ1n) is 7.92. The molecule has 1 aromatic rings. The van der Waals surface area contributed by atoms with E-state index in [1.54, 1.807) is 13.8 Å². The molecule has 138 valence electrons. The molecule has 0 bridgehead atoms. The molecule has 0 aliphatic heterocycles. The Bertz CT molecular complexity index is 665. The predicted octanol–water partition coefficient (Wildman–Crippen LogP) is 4.32. The Morgan fingerprint density at radius 2 is 1.20 bits per heavy atom. The predicted molar refractivity (Wildman–Crippen MR) is 77.2 cm³/mol. The average Bonchev–Trinajstić information content (AvgIpc) is 2.61. The van der Waals surface area contributed by atoms with Crippen LogP contribution in [0.2, 0.25) is 0 Å². The van der Waals surface area contributed by atoms with E-state index >= 15 is 0 Å². The number of carbonyl (C=O) groups is 2. The minimum absolute atomic E-state index is 0.0755. The second-order valence-corrected chi connectivity index (χ2v) is 6.43. The molecule has 0 atom stereocenters. The number of halogens is 5. The Morgan fingerprint density at radius 1 is 0.800 bits per heavy atom. The van der Waals surface area contributed by atoms with Crippen LogP contribution in [0, 0.1) is 46.8 Å². The SMILES string of the molecule is CC(C)C(=O)C1CCC(C(=O)Oc2c(F)c(F)c(F)c(F)c2F)CC1. The van der Waals surface area contributed by atoms with Crippen LogP contribution >= 0.6 is 0 Å². The van der Waals surface area contributed by atoms with Crippen molar-refractivity contribution in [2.45, 2.75) is 39.5 Å². The van der Waals surface area contributed by atoms with Gasteiger partial charge < -0.3 is 4.74 Å². The average molecular weight is 364 g/mol. The van der Waals surface area contributed by atoms with Gasteiger partial charge in [0.05, 0.1) is 5.92 Å². The fraction of sp³-hybridized carbons (Fsp3) is 0.529. The van der Waals surface area contributed by atoms with Gasteiger partial charge in [-0.3, -0.25) is 9.59 Å². The van der Waals surface area contributed by atoms with Gasteiger partial charge in [-0.25, -0.2) is 13.2 Å². The number of ketones is 1. The molecule has 2 rings (SSSR count). The van der Waals surface area contributed by atoms with Gasteiger partial charge in [0.25, 0.3) is 0 Å². The number of ether oxygens (including phenoxy) is 1. The standard InChI is InChI=1S/C17H17F5O3/c1-7(2)15(23)8-3-5-9(6-4-8)17(24)25-16-13(21)11(19)10(18)12(20)14(16)22/h7-9H,3-6H2,1-2H3. The molecule has 0 aromatic heterocycles. The minimum atomic E-state index is -2.32. The number of hydrogen-bond donors (Lipinski definition) is 0. The zero-order valence-electron chi connectivity index (χ0n) is 13.7. The topological polar surface area (TPSA) is 43.4 Å². The molecule has 1 aliphatic carbocycles.